The van der Waals surface area contributed by atoms with Gasteiger partial charge >= 0.3 is 0 Å². The summed E-state index contributed by atoms with van der Waals surface area (Å²) in [7, 11) is 0. The number of nitrogens with zero attached hydrogens (tertiary/aromatic N) is 1. The number of hydrogen-bond donors (Lipinski definition) is 0. The summed E-state index contributed by atoms with van der Waals surface area (Å²) in [6.07, 6.45) is 6.87. The van der Waals surface area contributed by atoms with E-state index in [1.54, 1.807) is 13.1 Å². The van der Waals surface area contributed by atoms with Gasteiger partial charge in [0.15, 0.2) is 5.78 Å². The number of carbonyl (C=O) groups excluding carboxylic acids is 1. The number of rotatable bonds is 4. The molecule has 0 aromatic rings. The van der Waals surface area contributed by atoms with Gasteiger partial charge in [-0.25, -0.2) is 0 Å². The average molecular weight is 177 g/mol. The minimum atomic E-state index is -0.00914. The third-order valence-corrected chi connectivity index (χ3v) is 1.52. The van der Waals surface area contributed by atoms with Crippen LogP contribution in [0.2, 0.25) is 0 Å². The minimum absolute atomic E-state index is 0.00914. The monoisotopic (exact) mass is 177 g/mol. The molecule has 0 spiro atoms. The fourth-order valence-corrected chi connectivity index (χ4v) is 0.857. The molecule has 0 aromatic heterocycles. The first kappa shape index (κ1) is 11.6. The molecule has 13 heavy (non-hydrogen) atoms. The second-order valence-corrected chi connectivity index (χ2v) is 2.56. The Kier molecular flexibility index (Phi) is 5.44. The van der Waals surface area contributed by atoms with Crippen LogP contribution in [-0.2, 0) is 4.79 Å². The van der Waals surface area contributed by atoms with Crippen LogP contribution in [0.1, 0.15) is 20.8 Å². The lowest BCUT2D eigenvalue weighted by molar-refractivity contribution is -0.113. The van der Waals surface area contributed by atoms with Crippen LogP contribution < -0.4 is 0 Å². The van der Waals surface area contributed by atoms with Crippen molar-refractivity contribution in [2.75, 3.05) is 0 Å². The lowest BCUT2D eigenvalue weighted by atomic mass is 10.1. The Labute approximate surface area is 79.4 Å². The summed E-state index contributed by atoms with van der Waals surface area (Å²) in [4.78, 5) is 15.1. The standard InChI is InChI=1S/C11H15NO/c1-5-7-8-12-9(3)11(6-2)10(4)13/h5-8H,2H2,1,3-4H3/b7-5-,11-9-,12-8-. The molecule has 2 heteroatoms. The molecule has 0 aliphatic carbocycles. The second-order valence-electron chi connectivity index (χ2n) is 2.56. The summed E-state index contributed by atoms with van der Waals surface area (Å²) in [6.45, 7) is 8.76. The van der Waals surface area contributed by atoms with Crippen LogP contribution in [0, 0.1) is 0 Å². The first-order chi connectivity index (χ1) is 6.13. The van der Waals surface area contributed by atoms with Crippen LogP contribution in [0.25, 0.3) is 0 Å². The predicted molar refractivity (Wildman–Crippen MR) is 56.9 cm³/mol. The van der Waals surface area contributed by atoms with Crippen molar-refractivity contribution in [3.63, 3.8) is 0 Å². The van der Waals surface area contributed by atoms with E-state index >= 15 is 0 Å². The van der Waals surface area contributed by atoms with E-state index in [1.165, 1.54) is 13.0 Å². The van der Waals surface area contributed by atoms with Gasteiger partial charge in [-0.1, -0.05) is 18.7 Å². The van der Waals surface area contributed by atoms with E-state index in [0.29, 0.717) is 11.3 Å². The number of Topliss-reactive ketones (excluding diaryl/α,β-unsaturated/α-hetero) is 1. The summed E-state index contributed by atoms with van der Waals surface area (Å²) in [6, 6.07) is 0. The zero-order valence-corrected chi connectivity index (χ0v) is 8.37. The fraction of sp³-hybridized carbons (Fsp3) is 0.273. The SMILES string of the molecule is C=C/C(C(C)=O)=C(C)/N=C\C=C/C. The fourth-order valence-electron chi connectivity index (χ4n) is 0.857. The van der Waals surface area contributed by atoms with E-state index in [0.717, 1.165) is 0 Å². The smallest absolute Gasteiger partial charge is 0.161 e. The molecule has 0 heterocycles. The molecule has 0 bridgehead atoms. The molecule has 0 fully saturated rings. The van der Waals surface area contributed by atoms with Gasteiger partial charge in [0.1, 0.15) is 0 Å². The maximum atomic E-state index is 11.0. The van der Waals surface area contributed by atoms with E-state index in [4.69, 9.17) is 0 Å². The van der Waals surface area contributed by atoms with Crippen molar-refractivity contribution < 1.29 is 4.79 Å². The maximum Gasteiger partial charge on any atom is 0.161 e. The van der Waals surface area contributed by atoms with E-state index in [2.05, 4.69) is 11.6 Å². The first-order valence-electron chi connectivity index (χ1n) is 4.13. The van der Waals surface area contributed by atoms with Crippen LogP contribution >= 0.6 is 0 Å². The Balaban J connectivity index is 4.76. The van der Waals surface area contributed by atoms with Gasteiger partial charge in [-0.3, -0.25) is 9.79 Å². The van der Waals surface area contributed by atoms with Crippen LogP contribution in [0.3, 0.4) is 0 Å². The molecule has 0 saturated heterocycles. The molecule has 0 aliphatic rings. The zero-order chi connectivity index (χ0) is 10.3. The Hall–Kier alpha value is -1.44. The Bertz CT molecular complexity index is 282. The molecule has 0 unspecified atom stereocenters. The highest BCUT2D eigenvalue weighted by Crippen LogP contribution is 2.07. The minimum Gasteiger partial charge on any atom is -0.294 e. The highest BCUT2D eigenvalue weighted by Gasteiger charge is 2.01. The molecule has 0 amide bonds. The van der Waals surface area contributed by atoms with Crippen molar-refractivity contribution in [2.24, 2.45) is 4.99 Å². The van der Waals surface area contributed by atoms with Crippen LogP contribution in [0.4, 0.5) is 0 Å². The number of aliphatic imine (C=N–C) groups is 1. The van der Waals surface area contributed by atoms with Crippen molar-refractivity contribution in [1.29, 1.82) is 0 Å². The van der Waals surface area contributed by atoms with E-state index in [-0.39, 0.29) is 5.78 Å². The molecule has 0 rings (SSSR count). The Morgan fingerprint density at radius 2 is 2.00 bits per heavy atom. The summed E-state index contributed by atoms with van der Waals surface area (Å²) in [5, 5.41) is 0. The van der Waals surface area contributed by atoms with Crippen LogP contribution in [0.5, 0.6) is 0 Å². The van der Waals surface area contributed by atoms with E-state index < -0.39 is 0 Å². The number of ketones is 1. The topological polar surface area (TPSA) is 29.4 Å². The molecule has 0 aliphatic heterocycles. The summed E-state index contributed by atoms with van der Waals surface area (Å²) in [5.41, 5.74) is 1.27. The molecule has 70 valence electrons. The van der Waals surface area contributed by atoms with Gasteiger partial charge in [0.2, 0.25) is 0 Å². The van der Waals surface area contributed by atoms with Crippen LogP contribution in [0.15, 0.2) is 41.1 Å². The van der Waals surface area contributed by atoms with Gasteiger partial charge in [-0.2, -0.15) is 0 Å². The molecule has 0 atom stereocenters. The third kappa shape index (κ3) is 4.21. The molecule has 0 saturated carbocycles. The van der Waals surface area contributed by atoms with Crippen molar-refractivity contribution in [2.45, 2.75) is 20.8 Å². The molecule has 0 radical (unpaired) electrons. The summed E-state index contributed by atoms with van der Waals surface area (Å²) >= 11 is 0. The molecular formula is C11H15NO. The number of hydrogen-bond acceptors (Lipinski definition) is 2. The molecular weight excluding hydrogens is 162 g/mol. The third-order valence-electron chi connectivity index (χ3n) is 1.52. The normalized spacial score (nSPS) is 13.5. The van der Waals surface area contributed by atoms with E-state index in [1.807, 2.05) is 19.1 Å². The lowest BCUT2D eigenvalue weighted by Crippen LogP contribution is -1.95. The average Bonchev–Trinajstić information content (AvgIpc) is 2.05. The highest BCUT2D eigenvalue weighted by atomic mass is 16.1. The first-order valence-corrected chi connectivity index (χ1v) is 4.13. The number of allylic oxidation sites excluding steroid dienone is 5. The Morgan fingerprint density at radius 3 is 2.38 bits per heavy atom. The van der Waals surface area contributed by atoms with E-state index in [9.17, 15) is 4.79 Å². The van der Waals surface area contributed by atoms with Gasteiger partial charge in [0, 0.05) is 17.5 Å². The molecule has 2 nitrogen and oxygen atoms in total. The predicted octanol–water partition coefficient (Wildman–Crippen LogP) is 2.68. The zero-order valence-electron chi connectivity index (χ0n) is 8.37. The van der Waals surface area contributed by atoms with Gasteiger partial charge < -0.3 is 0 Å². The van der Waals surface area contributed by atoms with Gasteiger partial charge in [0.05, 0.1) is 0 Å². The maximum absolute atomic E-state index is 11.0. The van der Waals surface area contributed by atoms with Gasteiger partial charge in [-0.05, 0) is 26.8 Å². The van der Waals surface area contributed by atoms with Crippen molar-refractivity contribution in [3.8, 4) is 0 Å². The van der Waals surface area contributed by atoms with Crippen molar-refractivity contribution in [1.82, 2.24) is 0 Å². The summed E-state index contributed by atoms with van der Waals surface area (Å²) < 4.78 is 0. The second kappa shape index (κ2) is 6.12. The van der Waals surface area contributed by atoms with Gasteiger partial charge in [-0.15, -0.1) is 0 Å². The van der Waals surface area contributed by atoms with Gasteiger partial charge in [0.25, 0.3) is 0 Å². The molecule has 0 N–H and O–H groups in total. The quantitative estimate of drug-likeness (QED) is 0.369. The van der Waals surface area contributed by atoms with Crippen LogP contribution in [-0.4, -0.2) is 12.0 Å². The van der Waals surface area contributed by atoms with Crippen molar-refractivity contribution in [3.05, 3.63) is 36.1 Å². The van der Waals surface area contributed by atoms with Crippen molar-refractivity contribution >= 4 is 12.0 Å². The highest BCUT2D eigenvalue weighted by molar-refractivity contribution is 5.96. The largest absolute Gasteiger partial charge is 0.294 e. The molecule has 0 aromatic carbocycles. The lowest BCUT2D eigenvalue weighted by Gasteiger charge is -1.97. The number of carbonyl (C=O) groups is 1. The summed E-state index contributed by atoms with van der Waals surface area (Å²) in [5.74, 6) is -0.00914. The Morgan fingerprint density at radius 1 is 1.38 bits per heavy atom.